The molecule has 1 fully saturated rings. The largest absolute Gasteiger partial charge is 0.495 e. The standard InChI is InChI=1S/C18H17NO3/c1-2-15(20)19-16(13-9-5-3-6-10-13)17(22-18(19)21)14-11-7-4-8-12-14/h2-12,16-17,20H,1H3/b15-2-/t16-,17+/m0/s1. The second-order valence-corrected chi connectivity index (χ2v) is 5.09. The average Bonchev–Trinajstić information content (AvgIpc) is 2.93. The number of allylic oxidation sites excluding steroid dienone is 1. The van der Waals surface area contributed by atoms with Crippen LogP contribution >= 0.6 is 0 Å². The van der Waals surface area contributed by atoms with Gasteiger partial charge in [0.15, 0.2) is 12.0 Å². The van der Waals surface area contributed by atoms with Gasteiger partial charge in [-0.15, -0.1) is 0 Å². The monoisotopic (exact) mass is 295 g/mol. The Balaban J connectivity index is 2.08. The highest BCUT2D eigenvalue weighted by Gasteiger charge is 2.45. The molecule has 0 aromatic heterocycles. The molecule has 1 aliphatic heterocycles. The molecule has 0 saturated carbocycles. The van der Waals surface area contributed by atoms with Crippen LogP contribution in [-0.4, -0.2) is 16.1 Å². The number of hydrogen-bond donors (Lipinski definition) is 1. The molecule has 1 amide bonds. The Morgan fingerprint density at radius 3 is 2.14 bits per heavy atom. The maximum Gasteiger partial charge on any atom is 0.418 e. The Morgan fingerprint density at radius 2 is 1.59 bits per heavy atom. The molecule has 1 heterocycles. The first-order valence-electron chi connectivity index (χ1n) is 7.17. The molecule has 1 saturated heterocycles. The number of amides is 1. The Hall–Kier alpha value is -2.75. The first kappa shape index (κ1) is 14.2. The zero-order valence-electron chi connectivity index (χ0n) is 12.2. The van der Waals surface area contributed by atoms with Crippen molar-refractivity contribution >= 4 is 6.09 Å². The van der Waals surface area contributed by atoms with E-state index < -0.39 is 18.2 Å². The van der Waals surface area contributed by atoms with Crippen molar-refractivity contribution in [3.8, 4) is 0 Å². The van der Waals surface area contributed by atoms with Gasteiger partial charge in [-0.1, -0.05) is 60.7 Å². The van der Waals surface area contributed by atoms with E-state index >= 15 is 0 Å². The third-order valence-electron chi connectivity index (χ3n) is 3.76. The van der Waals surface area contributed by atoms with E-state index in [0.717, 1.165) is 11.1 Å². The predicted molar refractivity (Wildman–Crippen MR) is 83.1 cm³/mol. The van der Waals surface area contributed by atoms with Crippen molar-refractivity contribution in [3.63, 3.8) is 0 Å². The Kier molecular flexibility index (Phi) is 3.83. The number of benzene rings is 2. The molecular formula is C18H17NO3. The van der Waals surface area contributed by atoms with Gasteiger partial charge in [-0.25, -0.2) is 9.69 Å². The summed E-state index contributed by atoms with van der Waals surface area (Å²) >= 11 is 0. The van der Waals surface area contributed by atoms with E-state index in [9.17, 15) is 9.90 Å². The lowest BCUT2D eigenvalue weighted by Crippen LogP contribution is -2.27. The molecule has 4 nitrogen and oxygen atoms in total. The highest BCUT2D eigenvalue weighted by atomic mass is 16.6. The lowest BCUT2D eigenvalue weighted by atomic mass is 9.95. The number of carbonyl (C=O) groups is 1. The smallest absolute Gasteiger partial charge is 0.418 e. The molecule has 2 aromatic carbocycles. The van der Waals surface area contributed by atoms with Crippen LogP contribution in [-0.2, 0) is 4.74 Å². The molecule has 0 spiro atoms. The minimum absolute atomic E-state index is 0.0997. The fourth-order valence-electron chi connectivity index (χ4n) is 2.72. The average molecular weight is 295 g/mol. The van der Waals surface area contributed by atoms with E-state index in [1.165, 1.54) is 11.0 Å². The summed E-state index contributed by atoms with van der Waals surface area (Å²) in [5, 5.41) is 10.1. The van der Waals surface area contributed by atoms with Crippen LogP contribution in [0.25, 0.3) is 0 Å². The third-order valence-corrected chi connectivity index (χ3v) is 3.76. The van der Waals surface area contributed by atoms with Crippen LogP contribution in [0, 0.1) is 0 Å². The summed E-state index contributed by atoms with van der Waals surface area (Å²) in [6.45, 7) is 1.68. The number of nitrogens with zero attached hydrogens (tertiary/aromatic N) is 1. The first-order chi connectivity index (χ1) is 10.7. The number of hydrogen-bond acceptors (Lipinski definition) is 3. The van der Waals surface area contributed by atoms with Gasteiger partial charge in [-0.3, -0.25) is 0 Å². The SMILES string of the molecule is C/C=C(\O)N1C(=O)O[C@H](c2ccccc2)[C@@H]1c1ccccc1. The molecule has 0 radical (unpaired) electrons. The van der Waals surface area contributed by atoms with Crippen LogP contribution in [0.2, 0.25) is 0 Å². The summed E-state index contributed by atoms with van der Waals surface area (Å²) in [7, 11) is 0. The summed E-state index contributed by atoms with van der Waals surface area (Å²) in [5.41, 5.74) is 1.81. The lowest BCUT2D eigenvalue weighted by Gasteiger charge is -2.24. The van der Waals surface area contributed by atoms with Crippen molar-refractivity contribution in [1.29, 1.82) is 0 Å². The molecule has 1 N–H and O–H groups in total. The van der Waals surface area contributed by atoms with Crippen molar-refractivity contribution in [2.24, 2.45) is 0 Å². The van der Waals surface area contributed by atoms with Crippen molar-refractivity contribution < 1.29 is 14.6 Å². The van der Waals surface area contributed by atoms with Gasteiger partial charge in [0.2, 0.25) is 0 Å². The molecule has 0 unspecified atom stereocenters. The Morgan fingerprint density at radius 1 is 1.05 bits per heavy atom. The van der Waals surface area contributed by atoms with E-state index in [4.69, 9.17) is 4.74 Å². The second-order valence-electron chi connectivity index (χ2n) is 5.09. The van der Waals surface area contributed by atoms with Crippen LogP contribution in [0.4, 0.5) is 4.79 Å². The fraction of sp³-hybridized carbons (Fsp3) is 0.167. The number of aliphatic hydroxyl groups is 1. The van der Waals surface area contributed by atoms with Crippen LogP contribution in [0.5, 0.6) is 0 Å². The predicted octanol–water partition coefficient (Wildman–Crippen LogP) is 4.34. The van der Waals surface area contributed by atoms with Crippen LogP contribution < -0.4 is 0 Å². The Bertz CT molecular complexity index is 682. The van der Waals surface area contributed by atoms with Gasteiger partial charge < -0.3 is 9.84 Å². The zero-order chi connectivity index (χ0) is 15.5. The van der Waals surface area contributed by atoms with E-state index in [-0.39, 0.29) is 5.88 Å². The van der Waals surface area contributed by atoms with E-state index in [1.54, 1.807) is 6.92 Å². The minimum Gasteiger partial charge on any atom is -0.495 e. The molecule has 3 rings (SSSR count). The Labute approximate surface area is 129 Å². The molecule has 0 bridgehead atoms. The van der Waals surface area contributed by atoms with Gasteiger partial charge in [0.1, 0.15) is 6.04 Å². The number of ether oxygens (including phenoxy) is 1. The van der Waals surface area contributed by atoms with Crippen LogP contribution in [0.1, 0.15) is 30.2 Å². The summed E-state index contributed by atoms with van der Waals surface area (Å²) in [5.74, 6) is -0.0997. The number of rotatable bonds is 3. The molecular weight excluding hydrogens is 278 g/mol. The summed E-state index contributed by atoms with van der Waals surface area (Å²) in [6.07, 6.45) is 0.487. The molecule has 2 aromatic rings. The molecule has 22 heavy (non-hydrogen) atoms. The van der Waals surface area contributed by atoms with Crippen LogP contribution in [0.15, 0.2) is 72.6 Å². The highest BCUT2D eigenvalue weighted by Crippen LogP contribution is 2.44. The maximum absolute atomic E-state index is 12.2. The highest BCUT2D eigenvalue weighted by molar-refractivity contribution is 5.73. The zero-order valence-corrected chi connectivity index (χ0v) is 12.2. The van der Waals surface area contributed by atoms with E-state index in [2.05, 4.69) is 0 Å². The molecule has 4 heteroatoms. The van der Waals surface area contributed by atoms with Crippen LogP contribution in [0.3, 0.4) is 0 Å². The number of carbonyl (C=O) groups excluding carboxylic acids is 1. The van der Waals surface area contributed by atoms with Crippen molar-refractivity contribution in [1.82, 2.24) is 4.90 Å². The van der Waals surface area contributed by atoms with Crippen molar-refractivity contribution in [3.05, 3.63) is 83.7 Å². The quantitative estimate of drug-likeness (QED) is 0.857. The van der Waals surface area contributed by atoms with Gasteiger partial charge in [0, 0.05) is 0 Å². The number of aliphatic hydroxyl groups excluding tert-OH is 1. The molecule has 0 aliphatic carbocycles. The molecule has 2 atom stereocenters. The third kappa shape index (κ3) is 2.44. The minimum atomic E-state index is -0.543. The van der Waals surface area contributed by atoms with E-state index in [0.29, 0.717) is 0 Å². The van der Waals surface area contributed by atoms with Gasteiger partial charge in [-0.2, -0.15) is 0 Å². The molecule has 1 aliphatic rings. The van der Waals surface area contributed by atoms with Crippen molar-refractivity contribution in [2.75, 3.05) is 0 Å². The van der Waals surface area contributed by atoms with Gasteiger partial charge in [-0.05, 0) is 24.1 Å². The fourth-order valence-corrected chi connectivity index (χ4v) is 2.72. The summed E-state index contributed by atoms with van der Waals surface area (Å²) < 4.78 is 5.54. The second kappa shape index (κ2) is 5.93. The van der Waals surface area contributed by atoms with Crippen molar-refractivity contribution in [2.45, 2.75) is 19.1 Å². The normalized spacial score (nSPS) is 21.8. The topological polar surface area (TPSA) is 49.8 Å². The number of cyclic esters (lactones) is 1. The van der Waals surface area contributed by atoms with Gasteiger partial charge >= 0.3 is 6.09 Å². The van der Waals surface area contributed by atoms with Gasteiger partial charge in [0.25, 0.3) is 0 Å². The lowest BCUT2D eigenvalue weighted by molar-refractivity contribution is 0.128. The first-order valence-corrected chi connectivity index (χ1v) is 7.17. The maximum atomic E-state index is 12.2. The molecule has 112 valence electrons. The van der Waals surface area contributed by atoms with Gasteiger partial charge in [0.05, 0.1) is 0 Å². The summed E-state index contributed by atoms with van der Waals surface area (Å²) in [6, 6.07) is 18.8. The summed E-state index contributed by atoms with van der Waals surface area (Å²) in [4.78, 5) is 13.5. The van der Waals surface area contributed by atoms with E-state index in [1.807, 2.05) is 60.7 Å².